The number of likely N-dealkylation sites (tertiary alicyclic amines) is 1. The van der Waals surface area contributed by atoms with Crippen molar-refractivity contribution >= 4 is 28.6 Å². The number of oxazole rings is 1. The van der Waals surface area contributed by atoms with Crippen LogP contribution in [-0.4, -0.2) is 40.9 Å². The van der Waals surface area contributed by atoms with Gasteiger partial charge in [-0.25, -0.2) is 0 Å². The molecule has 1 saturated heterocycles. The van der Waals surface area contributed by atoms with Gasteiger partial charge >= 0.3 is 6.08 Å². The van der Waals surface area contributed by atoms with Crippen LogP contribution in [0.2, 0.25) is 0 Å². The van der Waals surface area contributed by atoms with E-state index in [4.69, 9.17) is 9.15 Å². The maximum absolute atomic E-state index is 12.7. The molecule has 0 aliphatic carbocycles. The summed E-state index contributed by atoms with van der Waals surface area (Å²) in [6.07, 6.45) is 1.68. The van der Waals surface area contributed by atoms with E-state index >= 15 is 0 Å². The molecule has 4 rings (SSSR count). The number of piperidine rings is 1. The minimum absolute atomic E-state index is 0.0188. The van der Waals surface area contributed by atoms with Crippen molar-refractivity contribution in [3.63, 3.8) is 0 Å². The lowest BCUT2D eigenvalue weighted by Crippen LogP contribution is -2.41. The van der Waals surface area contributed by atoms with Crippen molar-refractivity contribution in [1.82, 2.24) is 9.88 Å². The minimum Gasteiger partial charge on any atom is -0.447 e. The van der Waals surface area contributed by atoms with Crippen molar-refractivity contribution in [3.05, 3.63) is 54.1 Å². The van der Waals surface area contributed by atoms with Crippen molar-refractivity contribution in [2.24, 2.45) is 0 Å². The maximum Gasteiger partial charge on any atom is 0.394 e. The Morgan fingerprint density at radius 3 is 2.50 bits per heavy atom. The number of benzene rings is 2. The first-order valence-electron chi connectivity index (χ1n) is 9.27. The summed E-state index contributed by atoms with van der Waals surface area (Å²) in [5.74, 6) is -0.158. The molecule has 2 aromatic carbocycles. The van der Waals surface area contributed by atoms with Crippen molar-refractivity contribution < 1.29 is 18.7 Å². The lowest BCUT2D eigenvalue weighted by atomic mass is 10.1. The van der Waals surface area contributed by atoms with Crippen LogP contribution in [0.1, 0.15) is 30.1 Å². The molecule has 0 unspecified atom stereocenters. The van der Waals surface area contributed by atoms with Gasteiger partial charge in [-0.15, -0.1) is 0 Å². The molecule has 0 spiro atoms. The number of amides is 2. The number of nitrogens with zero attached hydrogens (tertiary/aromatic N) is 2. The molecule has 28 heavy (non-hydrogen) atoms. The maximum atomic E-state index is 12.7. The minimum atomic E-state index is -0.139. The van der Waals surface area contributed by atoms with E-state index in [0.717, 1.165) is 5.52 Å². The zero-order chi connectivity index (χ0) is 19.5. The number of nitrogens with one attached hydrogen (secondary N) is 1. The van der Waals surface area contributed by atoms with Gasteiger partial charge in [-0.3, -0.25) is 9.59 Å². The highest BCUT2D eigenvalue weighted by molar-refractivity contribution is 5.95. The summed E-state index contributed by atoms with van der Waals surface area (Å²) in [6.45, 7) is 2.67. The second-order valence-corrected chi connectivity index (χ2v) is 6.82. The van der Waals surface area contributed by atoms with Gasteiger partial charge in [-0.2, -0.15) is 4.98 Å². The number of carbonyl (C=O) groups is 2. The zero-order valence-corrected chi connectivity index (χ0v) is 15.6. The Morgan fingerprint density at radius 2 is 1.82 bits per heavy atom. The Labute approximate surface area is 162 Å². The van der Waals surface area contributed by atoms with Gasteiger partial charge < -0.3 is 19.4 Å². The predicted molar refractivity (Wildman–Crippen MR) is 104 cm³/mol. The van der Waals surface area contributed by atoms with Crippen molar-refractivity contribution in [2.75, 3.05) is 18.4 Å². The smallest absolute Gasteiger partial charge is 0.394 e. The standard InChI is InChI=1S/C21H21N3O4/c1-14(25)22-16-8-6-15(7-9-16)20(26)24-12-10-17(11-13-24)27-21-23-18-4-2-3-5-19(18)28-21/h2-9,17H,10-13H2,1H3,(H,22,25). The number of para-hydroxylation sites is 2. The van der Waals surface area contributed by atoms with Crippen LogP contribution in [-0.2, 0) is 4.79 Å². The Morgan fingerprint density at radius 1 is 1.11 bits per heavy atom. The van der Waals surface area contributed by atoms with Crippen molar-refractivity contribution in [1.29, 1.82) is 0 Å². The number of anilines is 1. The highest BCUT2D eigenvalue weighted by Crippen LogP contribution is 2.24. The van der Waals surface area contributed by atoms with Crippen LogP contribution >= 0.6 is 0 Å². The molecular formula is C21H21N3O4. The molecule has 1 aromatic heterocycles. The fourth-order valence-corrected chi connectivity index (χ4v) is 3.30. The van der Waals surface area contributed by atoms with Gasteiger partial charge in [0.15, 0.2) is 5.58 Å². The zero-order valence-electron chi connectivity index (χ0n) is 15.6. The number of aromatic nitrogens is 1. The monoisotopic (exact) mass is 379 g/mol. The number of hydrogen-bond donors (Lipinski definition) is 1. The first-order chi connectivity index (χ1) is 13.6. The SMILES string of the molecule is CC(=O)Nc1ccc(C(=O)N2CCC(Oc3nc4ccccc4o3)CC2)cc1. The van der Waals surface area contributed by atoms with Crippen molar-refractivity contribution in [2.45, 2.75) is 25.9 Å². The summed E-state index contributed by atoms with van der Waals surface area (Å²) in [5, 5.41) is 2.69. The topological polar surface area (TPSA) is 84.7 Å². The van der Waals surface area contributed by atoms with Gasteiger partial charge in [0.1, 0.15) is 11.6 Å². The van der Waals surface area contributed by atoms with E-state index in [-0.39, 0.29) is 24.0 Å². The van der Waals surface area contributed by atoms with Crippen LogP contribution < -0.4 is 10.1 Å². The molecule has 0 atom stereocenters. The van der Waals surface area contributed by atoms with E-state index < -0.39 is 0 Å². The molecule has 1 aliphatic rings. The summed E-state index contributed by atoms with van der Waals surface area (Å²) in [4.78, 5) is 29.9. The second-order valence-electron chi connectivity index (χ2n) is 6.82. The number of hydrogen-bond acceptors (Lipinski definition) is 5. The van der Waals surface area contributed by atoms with Gasteiger partial charge in [-0.05, 0) is 36.4 Å². The molecule has 144 valence electrons. The molecule has 0 radical (unpaired) electrons. The molecule has 7 heteroatoms. The van der Waals surface area contributed by atoms with Gasteiger partial charge in [0.05, 0.1) is 0 Å². The van der Waals surface area contributed by atoms with E-state index in [0.29, 0.717) is 42.8 Å². The van der Waals surface area contributed by atoms with Crippen LogP contribution in [0.15, 0.2) is 52.9 Å². The van der Waals surface area contributed by atoms with Gasteiger partial charge in [0, 0.05) is 44.1 Å². The highest BCUT2D eigenvalue weighted by atomic mass is 16.6. The summed E-state index contributed by atoms with van der Waals surface area (Å²) in [6, 6.07) is 14.5. The van der Waals surface area contributed by atoms with Gasteiger partial charge in [-0.1, -0.05) is 12.1 Å². The van der Waals surface area contributed by atoms with E-state index in [1.807, 2.05) is 29.2 Å². The summed E-state index contributed by atoms with van der Waals surface area (Å²) >= 11 is 0. The summed E-state index contributed by atoms with van der Waals surface area (Å²) < 4.78 is 11.5. The molecule has 1 fully saturated rings. The Kier molecular flexibility index (Phi) is 4.97. The van der Waals surface area contributed by atoms with Crippen LogP contribution in [0, 0.1) is 0 Å². The molecule has 0 bridgehead atoms. The fourth-order valence-electron chi connectivity index (χ4n) is 3.30. The number of rotatable bonds is 4. The molecule has 1 aliphatic heterocycles. The van der Waals surface area contributed by atoms with Crippen LogP contribution in [0.3, 0.4) is 0 Å². The quantitative estimate of drug-likeness (QED) is 0.750. The predicted octanol–water partition coefficient (Wildman–Crippen LogP) is 3.47. The third-order valence-electron chi connectivity index (χ3n) is 4.72. The fraction of sp³-hybridized carbons (Fsp3) is 0.286. The Balaban J connectivity index is 1.33. The molecule has 1 N–H and O–H groups in total. The molecule has 3 aromatic rings. The van der Waals surface area contributed by atoms with Crippen molar-refractivity contribution in [3.8, 4) is 6.08 Å². The van der Waals surface area contributed by atoms with Crippen LogP contribution in [0.25, 0.3) is 11.1 Å². The lowest BCUT2D eigenvalue weighted by molar-refractivity contribution is -0.114. The molecular weight excluding hydrogens is 358 g/mol. The highest BCUT2D eigenvalue weighted by Gasteiger charge is 2.26. The number of ether oxygens (including phenoxy) is 1. The molecule has 7 nitrogen and oxygen atoms in total. The number of fused-ring (bicyclic) bond motifs is 1. The summed E-state index contributed by atoms with van der Waals surface area (Å²) in [5.41, 5.74) is 2.75. The second kappa shape index (κ2) is 7.72. The normalized spacial score (nSPS) is 14.8. The first kappa shape index (κ1) is 18.0. The lowest BCUT2D eigenvalue weighted by Gasteiger charge is -2.31. The van der Waals surface area contributed by atoms with E-state index in [1.54, 1.807) is 24.3 Å². The van der Waals surface area contributed by atoms with Gasteiger partial charge in [0.2, 0.25) is 5.91 Å². The average molecular weight is 379 g/mol. The average Bonchev–Trinajstić information content (AvgIpc) is 3.10. The van der Waals surface area contributed by atoms with E-state index in [9.17, 15) is 9.59 Å². The molecule has 2 heterocycles. The Hall–Kier alpha value is -3.35. The Bertz CT molecular complexity index is 955. The van der Waals surface area contributed by atoms with E-state index in [2.05, 4.69) is 10.3 Å². The number of carbonyl (C=O) groups excluding carboxylic acids is 2. The van der Waals surface area contributed by atoms with Gasteiger partial charge in [0.25, 0.3) is 5.91 Å². The molecule has 0 saturated carbocycles. The largest absolute Gasteiger partial charge is 0.447 e. The van der Waals surface area contributed by atoms with Crippen LogP contribution in [0.4, 0.5) is 5.69 Å². The van der Waals surface area contributed by atoms with Crippen LogP contribution in [0.5, 0.6) is 6.08 Å². The third-order valence-corrected chi connectivity index (χ3v) is 4.72. The first-order valence-corrected chi connectivity index (χ1v) is 9.27. The third kappa shape index (κ3) is 3.98. The van der Waals surface area contributed by atoms with E-state index in [1.165, 1.54) is 6.92 Å². The molecule has 2 amide bonds. The summed E-state index contributed by atoms with van der Waals surface area (Å²) in [7, 11) is 0.